The largest absolute Gasteiger partial charge is 0.338 e. The van der Waals surface area contributed by atoms with E-state index in [4.69, 9.17) is 5.84 Å². The summed E-state index contributed by atoms with van der Waals surface area (Å²) in [6.45, 7) is 1.87. The summed E-state index contributed by atoms with van der Waals surface area (Å²) in [4.78, 5) is 15.5. The summed E-state index contributed by atoms with van der Waals surface area (Å²) in [5, 5.41) is 3.78. The van der Waals surface area contributed by atoms with E-state index in [2.05, 4.69) is 32.9 Å². The van der Waals surface area contributed by atoms with E-state index in [1.165, 1.54) is 0 Å². The molecule has 74 valence electrons. The first-order chi connectivity index (χ1) is 6.53. The zero-order valence-electron chi connectivity index (χ0n) is 7.49. The normalized spacial score (nSPS) is 25.6. The number of nitrogens with zero attached hydrogens (tertiary/aromatic N) is 2. The van der Waals surface area contributed by atoms with Gasteiger partial charge < -0.3 is 0 Å². The summed E-state index contributed by atoms with van der Waals surface area (Å²) in [7, 11) is 0. The highest BCUT2D eigenvalue weighted by atomic mass is 127. The smallest absolute Gasteiger partial charge is 0.291 e. The summed E-state index contributed by atoms with van der Waals surface area (Å²) in [6.07, 6.45) is 1.64. The minimum absolute atomic E-state index is 0.340. The lowest BCUT2D eigenvalue weighted by Crippen LogP contribution is -2.54. The molecule has 2 rings (SSSR count). The summed E-state index contributed by atoms with van der Waals surface area (Å²) in [6, 6.07) is 3.38. The predicted octanol–water partition coefficient (Wildman–Crippen LogP) is 1.41. The molecule has 0 saturated heterocycles. The van der Waals surface area contributed by atoms with E-state index >= 15 is 0 Å². The number of amides is 2. The number of hydrazine groups is 1. The van der Waals surface area contributed by atoms with Crippen LogP contribution in [0.3, 0.4) is 0 Å². The van der Waals surface area contributed by atoms with Crippen LogP contribution >= 0.6 is 22.6 Å². The summed E-state index contributed by atoms with van der Waals surface area (Å²) >= 11 is 2.12. The van der Waals surface area contributed by atoms with E-state index in [-0.39, 0.29) is 6.03 Å². The molecular formula is C8H9IN4O. The molecule has 0 aromatic carbocycles. The lowest BCUT2D eigenvalue weighted by Gasteiger charge is -2.37. The molecule has 3 N–H and O–H groups in total. The highest BCUT2D eigenvalue weighted by Crippen LogP contribution is 2.39. The second kappa shape index (κ2) is 3.06. The van der Waals surface area contributed by atoms with Crippen molar-refractivity contribution in [2.75, 3.05) is 5.32 Å². The Morgan fingerprint density at radius 3 is 3.14 bits per heavy atom. The van der Waals surface area contributed by atoms with Gasteiger partial charge in [-0.05, 0) is 35.6 Å². The van der Waals surface area contributed by atoms with Crippen molar-refractivity contribution in [3.05, 3.63) is 23.9 Å². The van der Waals surface area contributed by atoms with Gasteiger partial charge in [0.15, 0.2) is 0 Å². The van der Waals surface area contributed by atoms with Crippen molar-refractivity contribution in [2.24, 2.45) is 5.84 Å². The Bertz CT molecular complexity index is 393. The molecule has 0 radical (unpaired) electrons. The Labute approximate surface area is 94.8 Å². The maximum Gasteiger partial charge on any atom is 0.338 e. The van der Waals surface area contributed by atoms with Gasteiger partial charge in [-0.25, -0.2) is 20.6 Å². The van der Waals surface area contributed by atoms with Crippen LogP contribution in [0.5, 0.6) is 0 Å². The second-order valence-electron chi connectivity index (χ2n) is 3.15. The Kier molecular flexibility index (Phi) is 2.11. The number of urea groups is 1. The number of nitrogens with two attached hydrogens (primary N) is 1. The first-order valence-electron chi connectivity index (χ1n) is 4.04. The third-order valence-electron chi connectivity index (χ3n) is 2.20. The average Bonchev–Trinajstić information content (AvgIpc) is 2.15. The second-order valence-corrected chi connectivity index (χ2v) is 5.25. The highest BCUT2D eigenvalue weighted by Gasteiger charge is 2.39. The molecule has 1 aliphatic rings. The number of hydrogen-bond acceptors (Lipinski definition) is 3. The van der Waals surface area contributed by atoms with Crippen LogP contribution in [0.4, 0.5) is 10.6 Å². The Balaban J connectivity index is 2.59. The molecule has 1 atom stereocenters. The summed E-state index contributed by atoms with van der Waals surface area (Å²) in [5.41, 5.74) is 0.905. The number of carbonyl (C=O) groups is 1. The van der Waals surface area contributed by atoms with Gasteiger partial charge in [0.25, 0.3) is 0 Å². The zero-order chi connectivity index (χ0) is 10.3. The number of pyridine rings is 1. The van der Waals surface area contributed by atoms with E-state index in [1.54, 1.807) is 6.20 Å². The van der Waals surface area contributed by atoms with Crippen LogP contribution in [0.1, 0.15) is 12.5 Å². The van der Waals surface area contributed by atoms with Crippen molar-refractivity contribution in [2.45, 2.75) is 10.5 Å². The van der Waals surface area contributed by atoms with Gasteiger partial charge in [-0.15, -0.1) is 0 Å². The molecular weight excluding hydrogens is 295 g/mol. The number of fused-ring (bicyclic) bond motifs is 1. The fourth-order valence-electron chi connectivity index (χ4n) is 1.36. The molecule has 1 aliphatic heterocycles. The number of hydrogen-bond donors (Lipinski definition) is 2. The summed E-state index contributed by atoms with van der Waals surface area (Å²) < 4.78 is -0.552. The third-order valence-corrected chi connectivity index (χ3v) is 3.30. The molecule has 0 aliphatic carbocycles. The van der Waals surface area contributed by atoms with Gasteiger partial charge in [-0.2, -0.15) is 0 Å². The van der Waals surface area contributed by atoms with Crippen molar-refractivity contribution in [1.82, 2.24) is 9.99 Å². The molecule has 1 aromatic heterocycles. The van der Waals surface area contributed by atoms with Gasteiger partial charge in [0.05, 0.1) is 0 Å². The monoisotopic (exact) mass is 304 g/mol. The number of halogens is 1. The van der Waals surface area contributed by atoms with Crippen molar-refractivity contribution >= 4 is 34.4 Å². The van der Waals surface area contributed by atoms with Gasteiger partial charge in [0.1, 0.15) is 9.36 Å². The Morgan fingerprint density at radius 1 is 1.71 bits per heavy atom. The topological polar surface area (TPSA) is 71.2 Å². The summed E-state index contributed by atoms with van der Waals surface area (Å²) in [5.74, 6) is 6.24. The van der Waals surface area contributed by atoms with Crippen LogP contribution < -0.4 is 11.2 Å². The third kappa shape index (κ3) is 1.25. The van der Waals surface area contributed by atoms with Crippen LogP contribution in [0, 0.1) is 0 Å². The molecule has 2 amide bonds. The predicted molar refractivity (Wildman–Crippen MR) is 60.7 cm³/mol. The average molecular weight is 304 g/mol. The number of nitrogens with one attached hydrogen (secondary N) is 1. The van der Waals surface area contributed by atoms with E-state index in [0.29, 0.717) is 5.82 Å². The zero-order valence-corrected chi connectivity index (χ0v) is 9.65. The molecule has 5 nitrogen and oxygen atoms in total. The van der Waals surface area contributed by atoms with Crippen LogP contribution in [-0.2, 0) is 3.55 Å². The first kappa shape index (κ1) is 9.66. The lowest BCUT2D eigenvalue weighted by molar-refractivity contribution is 0.185. The maximum absolute atomic E-state index is 11.4. The van der Waals surface area contributed by atoms with Crippen molar-refractivity contribution in [1.29, 1.82) is 0 Å². The number of aromatic nitrogens is 1. The van der Waals surface area contributed by atoms with Crippen LogP contribution in [0.15, 0.2) is 18.3 Å². The molecule has 2 heterocycles. The fraction of sp³-hybridized carbons (Fsp3) is 0.250. The SMILES string of the molecule is CC1(I)c2cccnc2NC(=O)N1N. The van der Waals surface area contributed by atoms with E-state index in [1.807, 2.05) is 19.1 Å². The molecule has 0 saturated carbocycles. The quantitative estimate of drug-likeness (QED) is 0.250. The molecule has 14 heavy (non-hydrogen) atoms. The number of anilines is 1. The van der Waals surface area contributed by atoms with Gasteiger partial charge >= 0.3 is 6.03 Å². The highest BCUT2D eigenvalue weighted by molar-refractivity contribution is 14.1. The Hall–Kier alpha value is -0.890. The standard InChI is InChI=1S/C8H9IN4O/c1-8(9)5-3-2-4-11-6(5)12-7(14)13(8)10/h2-4H,10H2,1H3,(H,11,12,14). The van der Waals surface area contributed by atoms with Gasteiger partial charge in [-0.1, -0.05) is 6.07 Å². The molecule has 0 fully saturated rings. The van der Waals surface area contributed by atoms with E-state index in [0.717, 1.165) is 10.6 Å². The van der Waals surface area contributed by atoms with Crippen LogP contribution in [0.25, 0.3) is 0 Å². The van der Waals surface area contributed by atoms with Crippen LogP contribution in [-0.4, -0.2) is 16.0 Å². The number of rotatable bonds is 0. The molecule has 0 spiro atoms. The molecule has 1 aromatic rings. The number of carbonyl (C=O) groups excluding carboxylic acids is 1. The number of alkyl halides is 1. The fourth-order valence-corrected chi connectivity index (χ4v) is 2.01. The first-order valence-corrected chi connectivity index (χ1v) is 5.11. The van der Waals surface area contributed by atoms with Crippen molar-refractivity contribution in [3.8, 4) is 0 Å². The Morgan fingerprint density at radius 2 is 2.43 bits per heavy atom. The van der Waals surface area contributed by atoms with Crippen molar-refractivity contribution in [3.63, 3.8) is 0 Å². The lowest BCUT2D eigenvalue weighted by atomic mass is 10.1. The molecule has 6 heteroatoms. The minimum atomic E-state index is -0.552. The van der Waals surface area contributed by atoms with Gasteiger partial charge in [0, 0.05) is 11.8 Å². The van der Waals surface area contributed by atoms with E-state index in [9.17, 15) is 4.79 Å². The van der Waals surface area contributed by atoms with Crippen molar-refractivity contribution < 1.29 is 4.79 Å². The molecule has 0 bridgehead atoms. The molecule has 1 unspecified atom stereocenters. The van der Waals surface area contributed by atoms with E-state index < -0.39 is 3.55 Å². The van der Waals surface area contributed by atoms with Gasteiger partial charge in [-0.3, -0.25) is 5.32 Å². The van der Waals surface area contributed by atoms with Crippen LogP contribution in [0.2, 0.25) is 0 Å². The van der Waals surface area contributed by atoms with Gasteiger partial charge in [0.2, 0.25) is 0 Å². The maximum atomic E-state index is 11.4. The minimum Gasteiger partial charge on any atom is -0.291 e.